The molecule has 100 valence electrons. The van der Waals surface area contributed by atoms with Crippen molar-refractivity contribution >= 4 is 0 Å². The van der Waals surface area contributed by atoms with E-state index in [-0.39, 0.29) is 0 Å². The van der Waals surface area contributed by atoms with Gasteiger partial charge in [-0.1, -0.05) is 11.2 Å². The summed E-state index contributed by atoms with van der Waals surface area (Å²) in [6.45, 7) is 2.13. The summed E-state index contributed by atoms with van der Waals surface area (Å²) in [5.41, 5.74) is 0.891. The summed E-state index contributed by atoms with van der Waals surface area (Å²) >= 11 is 0. The predicted octanol–water partition coefficient (Wildman–Crippen LogP) is 1.90. The average Bonchev–Trinajstić information content (AvgIpc) is 3.11. The highest BCUT2D eigenvalue weighted by Gasteiger charge is 2.18. The third-order valence-corrected chi connectivity index (χ3v) is 3.42. The van der Waals surface area contributed by atoms with Crippen molar-refractivity contribution in [2.24, 2.45) is 5.92 Å². The van der Waals surface area contributed by atoms with Crippen molar-refractivity contribution < 1.29 is 9.26 Å². The maximum absolute atomic E-state index is 5.32. The number of methoxy groups -OCH3 is 1. The molecular weight excluding hydrogens is 242 g/mol. The van der Waals surface area contributed by atoms with Crippen molar-refractivity contribution in [3.63, 3.8) is 0 Å². The van der Waals surface area contributed by atoms with Crippen LogP contribution < -0.4 is 10.1 Å². The highest BCUT2D eigenvalue weighted by molar-refractivity contribution is 5.55. The molecule has 1 aliphatic rings. The molecule has 2 aromatic rings. The minimum atomic E-state index is 0.555. The number of aromatic nitrogens is 2. The lowest BCUT2D eigenvalue weighted by atomic mass is 10.1. The van der Waals surface area contributed by atoms with E-state index in [1.54, 1.807) is 7.11 Å². The molecule has 1 saturated heterocycles. The predicted molar refractivity (Wildman–Crippen MR) is 71.0 cm³/mol. The van der Waals surface area contributed by atoms with Gasteiger partial charge in [-0.15, -0.1) is 0 Å². The van der Waals surface area contributed by atoms with Crippen molar-refractivity contribution in [2.75, 3.05) is 20.2 Å². The zero-order chi connectivity index (χ0) is 13.1. The number of rotatable bonds is 4. The van der Waals surface area contributed by atoms with Gasteiger partial charge >= 0.3 is 0 Å². The summed E-state index contributed by atoms with van der Waals surface area (Å²) in [6, 6.07) is 7.65. The van der Waals surface area contributed by atoms with Crippen LogP contribution in [-0.2, 0) is 6.42 Å². The first-order valence-electron chi connectivity index (χ1n) is 6.53. The normalized spacial score (nSPS) is 18.7. The van der Waals surface area contributed by atoms with Gasteiger partial charge < -0.3 is 14.6 Å². The smallest absolute Gasteiger partial charge is 0.258 e. The third kappa shape index (κ3) is 2.76. The Hall–Kier alpha value is -1.88. The molecule has 0 aliphatic carbocycles. The number of ether oxygens (including phenoxy) is 1. The Morgan fingerprint density at radius 1 is 1.47 bits per heavy atom. The van der Waals surface area contributed by atoms with Gasteiger partial charge in [0.1, 0.15) is 5.75 Å². The van der Waals surface area contributed by atoms with Crippen molar-refractivity contribution in [1.82, 2.24) is 15.5 Å². The molecule has 1 atom stereocenters. The molecule has 3 rings (SSSR count). The van der Waals surface area contributed by atoms with Crippen molar-refractivity contribution in [1.29, 1.82) is 0 Å². The molecule has 0 bridgehead atoms. The minimum absolute atomic E-state index is 0.555. The van der Waals surface area contributed by atoms with Gasteiger partial charge in [0.2, 0.25) is 0 Å². The van der Waals surface area contributed by atoms with Gasteiger partial charge in [-0.3, -0.25) is 0 Å². The molecule has 19 heavy (non-hydrogen) atoms. The van der Waals surface area contributed by atoms with Crippen molar-refractivity contribution in [3.05, 3.63) is 30.1 Å². The lowest BCUT2D eigenvalue weighted by Crippen LogP contribution is -2.11. The van der Waals surface area contributed by atoms with Gasteiger partial charge in [0, 0.05) is 12.0 Å². The molecule has 1 aliphatic heterocycles. The number of nitrogens with zero attached hydrogens (tertiary/aromatic N) is 2. The summed E-state index contributed by atoms with van der Waals surface area (Å²) < 4.78 is 10.5. The Morgan fingerprint density at radius 2 is 2.42 bits per heavy atom. The van der Waals surface area contributed by atoms with Crippen LogP contribution in [0.25, 0.3) is 11.5 Å². The van der Waals surface area contributed by atoms with Crippen molar-refractivity contribution in [3.8, 4) is 17.2 Å². The van der Waals surface area contributed by atoms with E-state index in [9.17, 15) is 0 Å². The number of benzene rings is 1. The minimum Gasteiger partial charge on any atom is -0.497 e. The molecule has 1 aromatic carbocycles. The van der Waals surface area contributed by atoms with Gasteiger partial charge in [0.15, 0.2) is 5.82 Å². The van der Waals surface area contributed by atoms with Crippen LogP contribution in [0.2, 0.25) is 0 Å². The quantitative estimate of drug-likeness (QED) is 0.908. The fourth-order valence-corrected chi connectivity index (χ4v) is 2.36. The zero-order valence-corrected chi connectivity index (χ0v) is 10.9. The molecule has 5 nitrogen and oxygen atoms in total. The Kier molecular flexibility index (Phi) is 3.46. The summed E-state index contributed by atoms with van der Waals surface area (Å²) in [4.78, 5) is 4.46. The fourth-order valence-electron chi connectivity index (χ4n) is 2.36. The Balaban J connectivity index is 1.76. The van der Waals surface area contributed by atoms with Crippen LogP contribution in [0.4, 0.5) is 0 Å². The SMILES string of the molecule is COc1cccc(-c2nc(CC3CCNC3)no2)c1. The van der Waals surface area contributed by atoms with Crippen LogP contribution in [0.15, 0.2) is 28.8 Å². The standard InChI is InChI=1S/C14H17N3O2/c1-18-12-4-2-3-11(8-12)14-16-13(17-19-14)7-10-5-6-15-9-10/h2-4,8,10,15H,5-7,9H2,1H3. The van der Waals surface area contributed by atoms with E-state index in [4.69, 9.17) is 9.26 Å². The largest absolute Gasteiger partial charge is 0.497 e. The summed E-state index contributed by atoms with van der Waals surface area (Å²) in [5.74, 6) is 2.75. The second-order valence-corrected chi connectivity index (χ2v) is 4.81. The van der Waals surface area contributed by atoms with E-state index < -0.39 is 0 Å². The van der Waals surface area contributed by atoms with E-state index in [1.807, 2.05) is 24.3 Å². The van der Waals surface area contributed by atoms with Gasteiger partial charge in [0.05, 0.1) is 7.11 Å². The summed E-state index contributed by atoms with van der Waals surface area (Å²) in [6.07, 6.45) is 2.06. The van der Waals surface area contributed by atoms with E-state index in [2.05, 4.69) is 15.5 Å². The average molecular weight is 259 g/mol. The molecular formula is C14H17N3O2. The first-order valence-corrected chi connectivity index (χ1v) is 6.53. The fraction of sp³-hybridized carbons (Fsp3) is 0.429. The molecule has 1 aromatic heterocycles. The highest BCUT2D eigenvalue weighted by Crippen LogP contribution is 2.23. The number of hydrogen-bond donors (Lipinski definition) is 1. The first kappa shape index (κ1) is 12.2. The van der Waals surface area contributed by atoms with Gasteiger partial charge in [-0.05, 0) is 43.6 Å². The molecule has 1 fully saturated rings. The Labute approximate surface area is 112 Å². The topological polar surface area (TPSA) is 60.2 Å². The maximum Gasteiger partial charge on any atom is 0.258 e. The molecule has 0 saturated carbocycles. The third-order valence-electron chi connectivity index (χ3n) is 3.42. The highest BCUT2D eigenvalue weighted by atomic mass is 16.5. The molecule has 2 heterocycles. The lowest BCUT2D eigenvalue weighted by molar-refractivity contribution is 0.410. The number of hydrogen-bond acceptors (Lipinski definition) is 5. The van der Waals surface area contributed by atoms with Crippen LogP contribution in [0.3, 0.4) is 0 Å². The lowest BCUT2D eigenvalue weighted by Gasteiger charge is -2.02. The summed E-state index contributed by atoms with van der Waals surface area (Å²) in [5, 5.41) is 7.40. The maximum atomic E-state index is 5.32. The van der Waals surface area contributed by atoms with E-state index >= 15 is 0 Å². The van der Waals surface area contributed by atoms with E-state index in [0.717, 1.165) is 36.6 Å². The van der Waals surface area contributed by atoms with E-state index in [1.165, 1.54) is 6.42 Å². The van der Waals surface area contributed by atoms with E-state index in [0.29, 0.717) is 11.8 Å². The molecule has 5 heteroatoms. The Bertz CT molecular complexity index is 547. The van der Waals surface area contributed by atoms with Crippen LogP contribution in [0.1, 0.15) is 12.2 Å². The van der Waals surface area contributed by atoms with Crippen LogP contribution in [0, 0.1) is 5.92 Å². The van der Waals surface area contributed by atoms with Crippen LogP contribution in [0.5, 0.6) is 5.75 Å². The van der Waals surface area contributed by atoms with Gasteiger partial charge in [-0.25, -0.2) is 0 Å². The first-order chi connectivity index (χ1) is 9.35. The monoisotopic (exact) mass is 259 g/mol. The molecule has 1 N–H and O–H groups in total. The second kappa shape index (κ2) is 5.40. The zero-order valence-electron chi connectivity index (χ0n) is 10.9. The van der Waals surface area contributed by atoms with Gasteiger partial charge in [0.25, 0.3) is 5.89 Å². The molecule has 0 radical (unpaired) electrons. The summed E-state index contributed by atoms with van der Waals surface area (Å²) in [7, 11) is 1.64. The second-order valence-electron chi connectivity index (χ2n) is 4.81. The molecule has 0 amide bonds. The molecule has 0 spiro atoms. The van der Waals surface area contributed by atoms with Crippen molar-refractivity contribution in [2.45, 2.75) is 12.8 Å². The molecule has 1 unspecified atom stereocenters. The van der Waals surface area contributed by atoms with Crippen LogP contribution in [-0.4, -0.2) is 30.3 Å². The Morgan fingerprint density at radius 3 is 3.21 bits per heavy atom. The van der Waals surface area contributed by atoms with Crippen LogP contribution >= 0.6 is 0 Å². The number of nitrogens with one attached hydrogen (secondary N) is 1. The van der Waals surface area contributed by atoms with Gasteiger partial charge in [-0.2, -0.15) is 4.98 Å².